The molecule has 0 radical (unpaired) electrons. The molecule has 1 aromatic rings. The number of carbonyl (C=O) groups is 1. The largest absolute Gasteiger partial charge is 0.461 e. The zero-order valence-corrected chi connectivity index (χ0v) is 12.3. The highest BCUT2D eigenvalue weighted by atomic mass is 32.1. The van der Waals surface area contributed by atoms with E-state index in [1.807, 2.05) is 0 Å². The van der Waals surface area contributed by atoms with E-state index < -0.39 is 0 Å². The van der Waals surface area contributed by atoms with E-state index in [4.69, 9.17) is 4.74 Å². The number of hydrogen-bond acceptors (Lipinski definition) is 5. The van der Waals surface area contributed by atoms with Crippen molar-refractivity contribution >= 4 is 22.4 Å². The number of thiazole rings is 1. The Kier molecular flexibility index (Phi) is 6.12. The van der Waals surface area contributed by atoms with E-state index in [2.05, 4.69) is 31.1 Å². The SMILES string of the molecule is CCOC(=O)c1csc(NC(C)C(CC)CC)n1. The molecule has 102 valence electrons. The van der Waals surface area contributed by atoms with Gasteiger partial charge in [-0.2, -0.15) is 0 Å². The number of esters is 1. The van der Waals surface area contributed by atoms with Gasteiger partial charge in [0.05, 0.1) is 6.61 Å². The summed E-state index contributed by atoms with van der Waals surface area (Å²) in [5.74, 6) is 0.275. The van der Waals surface area contributed by atoms with Crippen molar-refractivity contribution in [2.45, 2.75) is 46.6 Å². The summed E-state index contributed by atoms with van der Waals surface area (Å²) in [7, 11) is 0. The Labute approximate surface area is 113 Å². The molecule has 5 heteroatoms. The average molecular weight is 270 g/mol. The van der Waals surface area contributed by atoms with Gasteiger partial charge in [0.1, 0.15) is 0 Å². The lowest BCUT2D eigenvalue weighted by Crippen LogP contribution is -2.24. The summed E-state index contributed by atoms with van der Waals surface area (Å²) in [4.78, 5) is 15.7. The predicted molar refractivity (Wildman–Crippen MR) is 75.2 cm³/mol. The number of nitrogens with one attached hydrogen (secondary N) is 1. The van der Waals surface area contributed by atoms with Crippen molar-refractivity contribution in [3.63, 3.8) is 0 Å². The highest BCUT2D eigenvalue weighted by Crippen LogP contribution is 2.21. The molecule has 1 heterocycles. The summed E-state index contributed by atoms with van der Waals surface area (Å²) in [6, 6.07) is 0.362. The van der Waals surface area contributed by atoms with Crippen molar-refractivity contribution in [3.05, 3.63) is 11.1 Å². The van der Waals surface area contributed by atoms with Crippen molar-refractivity contribution in [2.24, 2.45) is 5.92 Å². The fourth-order valence-electron chi connectivity index (χ4n) is 1.95. The predicted octanol–water partition coefficient (Wildman–Crippen LogP) is 3.56. The molecule has 1 atom stereocenters. The van der Waals surface area contributed by atoms with Gasteiger partial charge in [0.2, 0.25) is 0 Å². The second-order valence-electron chi connectivity index (χ2n) is 4.27. The molecule has 4 nitrogen and oxygen atoms in total. The average Bonchev–Trinajstić information content (AvgIpc) is 2.79. The minimum absolute atomic E-state index is 0.350. The topological polar surface area (TPSA) is 51.2 Å². The molecule has 1 N–H and O–H groups in total. The Morgan fingerprint density at radius 1 is 1.44 bits per heavy atom. The molecule has 0 aliphatic carbocycles. The van der Waals surface area contributed by atoms with Crippen molar-refractivity contribution in [2.75, 3.05) is 11.9 Å². The van der Waals surface area contributed by atoms with Crippen LogP contribution in [0.15, 0.2) is 5.38 Å². The quantitative estimate of drug-likeness (QED) is 0.770. The molecule has 0 aromatic carbocycles. The Bertz CT molecular complexity index is 375. The Hall–Kier alpha value is -1.10. The molecule has 1 unspecified atom stereocenters. The lowest BCUT2D eigenvalue weighted by Gasteiger charge is -2.21. The van der Waals surface area contributed by atoms with Gasteiger partial charge in [-0.3, -0.25) is 0 Å². The fraction of sp³-hybridized carbons (Fsp3) is 0.692. The number of anilines is 1. The Morgan fingerprint density at radius 2 is 2.11 bits per heavy atom. The normalized spacial score (nSPS) is 12.5. The zero-order valence-electron chi connectivity index (χ0n) is 11.5. The van der Waals surface area contributed by atoms with Crippen molar-refractivity contribution in [3.8, 4) is 0 Å². The smallest absolute Gasteiger partial charge is 0.357 e. The molecule has 0 aliphatic rings. The van der Waals surface area contributed by atoms with Gasteiger partial charge in [-0.15, -0.1) is 11.3 Å². The molecule has 18 heavy (non-hydrogen) atoms. The molecule has 0 bridgehead atoms. The number of rotatable bonds is 7. The summed E-state index contributed by atoms with van der Waals surface area (Å²) < 4.78 is 4.91. The highest BCUT2D eigenvalue weighted by Gasteiger charge is 2.16. The third-order valence-corrected chi connectivity index (χ3v) is 3.87. The number of hydrogen-bond donors (Lipinski definition) is 1. The van der Waals surface area contributed by atoms with Crippen LogP contribution in [0.3, 0.4) is 0 Å². The summed E-state index contributed by atoms with van der Waals surface area (Å²) >= 11 is 1.45. The summed E-state index contributed by atoms with van der Waals surface area (Å²) in [6.45, 7) is 8.71. The first-order valence-corrected chi connectivity index (χ1v) is 7.39. The van der Waals surface area contributed by atoms with Gasteiger partial charge in [-0.05, 0) is 19.8 Å². The lowest BCUT2D eigenvalue weighted by atomic mass is 9.96. The fourth-order valence-corrected chi connectivity index (χ4v) is 2.72. The number of carbonyl (C=O) groups excluding carboxylic acids is 1. The van der Waals surface area contributed by atoms with Crippen LogP contribution < -0.4 is 5.32 Å². The second-order valence-corrected chi connectivity index (χ2v) is 5.13. The van der Waals surface area contributed by atoms with Crippen LogP contribution in [-0.2, 0) is 4.74 Å². The summed E-state index contributed by atoms with van der Waals surface area (Å²) in [5.41, 5.74) is 0.390. The van der Waals surface area contributed by atoms with E-state index in [1.165, 1.54) is 11.3 Å². The number of ether oxygens (including phenoxy) is 1. The molecule has 0 amide bonds. The molecule has 0 spiro atoms. The third kappa shape index (κ3) is 3.98. The van der Waals surface area contributed by atoms with Crippen LogP contribution in [0.4, 0.5) is 5.13 Å². The number of nitrogens with zero attached hydrogens (tertiary/aromatic N) is 1. The maximum absolute atomic E-state index is 11.5. The van der Waals surface area contributed by atoms with E-state index in [9.17, 15) is 4.79 Å². The van der Waals surface area contributed by atoms with Crippen molar-refractivity contribution in [1.82, 2.24) is 4.98 Å². The van der Waals surface area contributed by atoms with E-state index in [1.54, 1.807) is 12.3 Å². The van der Waals surface area contributed by atoms with Crippen LogP contribution >= 0.6 is 11.3 Å². The molecule has 1 aromatic heterocycles. The zero-order chi connectivity index (χ0) is 13.5. The van der Waals surface area contributed by atoms with Crippen LogP contribution in [0.5, 0.6) is 0 Å². The lowest BCUT2D eigenvalue weighted by molar-refractivity contribution is 0.0520. The van der Waals surface area contributed by atoms with Crippen LogP contribution in [0.1, 0.15) is 51.0 Å². The first kappa shape index (κ1) is 15.0. The monoisotopic (exact) mass is 270 g/mol. The van der Waals surface area contributed by atoms with E-state index in [0.717, 1.165) is 18.0 Å². The minimum Gasteiger partial charge on any atom is -0.461 e. The van der Waals surface area contributed by atoms with Crippen LogP contribution in [0, 0.1) is 5.92 Å². The molecule has 0 saturated carbocycles. The van der Waals surface area contributed by atoms with Crippen molar-refractivity contribution in [1.29, 1.82) is 0 Å². The molecule has 0 fully saturated rings. The van der Waals surface area contributed by atoms with Gasteiger partial charge in [0.15, 0.2) is 10.8 Å². The molecular weight excluding hydrogens is 248 g/mol. The van der Waals surface area contributed by atoms with Gasteiger partial charge in [-0.1, -0.05) is 26.7 Å². The van der Waals surface area contributed by atoms with E-state index in [0.29, 0.717) is 24.3 Å². The van der Waals surface area contributed by atoms with Gasteiger partial charge in [0.25, 0.3) is 0 Å². The first-order valence-electron chi connectivity index (χ1n) is 6.51. The van der Waals surface area contributed by atoms with Crippen LogP contribution in [0.2, 0.25) is 0 Å². The second kappa shape index (κ2) is 7.36. The standard InChI is InChI=1S/C13H22N2O2S/c1-5-10(6-2)9(4)14-13-15-11(8-18-13)12(16)17-7-3/h8-10H,5-7H2,1-4H3,(H,14,15). The van der Waals surface area contributed by atoms with Gasteiger partial charge < -0.3 is 10.1 Å². The molecular formula is C13H22N2O2S. The highest BCUT2D eigenvalue weighted by molar-refractivity contribution is 7.13. The Morgan fingerprint density at radius 3 is 2.67 bits per heavy atom. The molecule has 0 saturated heterocycles. The van der Waals surface area contributed by atoms with Gasteiger partial charge in [0, 0.05) is 11.4 Å². The molecule has 1 rings (SSSR count). The third-order valence-electron chi connectivity index (χ3n) is 3.10. The minimum atomic E-state index is -0.350. The van der Waals surface area contributed by atoms with Crippen molar-refractivity contribution < 1.29 is 9.53 Å². The summed E-state index contributed by atoms with van der Waals surface area (Å²) in [6.07, 6.45) is 2.28. The summed E-state index contributed by atoms with van der Waals surface area (Å²) in [5, 5.41) is 5.89. The maximum atomic E-state index is 11.5. The van der Waals surface area contributed by atoms with Gasteiger partial charge >= 0.3 is 5.97 Å². The van der Waals surface area contributed by atoms with E-state index in [-0.39, 0.29) is 5.97 Å². The molecule has 0 aliphatic heterocycles. The Balaban J connectivity index is 2.61. The van der Waals surface area contributed by atoms with Crippen LogP contribution in [0.25, 0.3) is 0 Å². The van der Waals surface area contributed by atoms with Crippen LogP contribution in [-0.4, -0.2) is 23.6 Å². The first-order chi connectivity index (χ1) is 8.62. The number of aromatic nitrogens is 1. The van der Waals surface area contributed by atoms with E-state index >= 15 is 0 Å². The maximum Gasteiger partial charge on any atom is 0.357 e. The van der Waals surface area contributed by atoms with Gasteiger partial charge in [-0.25, -0.2) is 9.78 Å².